The second kappa shape index (κ2) is 6.73. The predicted molar refractivity (Wildman–Crippen MR) is 83.2 cm³/mol. The van der Waals surface area contributed by atoms with E-state index in [4.69, 9.17) is 4.74 Å². The van der Waals surface area contributed by atoms with E-state index < -0.39 is 0 Å². The maximum absolute atomic E-state index is 5.88. The van der Waals surface area contributed by atoms with E-state index >= 15 is 0 Å². The van der Waals surface area contributed by atoms with Gasteiger partial charge in [-0.2, -0.15) is 0 Å². The molecular formula is C18H27NO. The molecule has 0 aromatic heterocycles. The van der Waals surface area contributed by atoms with Crippen molar-refractivity contribution in [2.24, 2.45) is 0 Å². The third-order valence-corrected chi connectivity index (χ3v) is 4.87. The van der Waals surface area contributed by atoms with Crippen LogP contribution in [0.5, 0.6) is 0 Å². The molecule has 2 nitrogen and oxygen atoms in total. The molecule has 2 heteroatoms. The zero-order chi connectivity index (χ0) is 13.8. The van der Waals surface area contributed by atoms with E-state index in [9.17, 15) is 0 Å². The van der Waals surface area contributed by atoms with Crippen LogP contribution in [0.4, 0.5) is 0 Å². The van der Waals surface area contributed by atoms with Crippen LogP contribution in [0.3, 0.4) is 0 Å². The van der Waals surface area contributed by atoms with Gasteiger partial charge in [0.25, 0.3) is 0 Å². The molecule has 20 heavy (non-hydrogen) atoms. The smallest absolute Gasteiger partial charge is 0.0590 e. The molecule has 110 valence electrons. The lowest BCUT2D eigenvalue weighted by Gasteiger charge is -2.27. The van der Waals surface area contributed by atoms with E-state index in [2.05, 4.69) is 30.6 Å². The monoisotopic (exact) mass is 273 g/mol. The molecule has 1 aliphatic heterocycles. The number of ether oxygens (including phenoxy) is 1. The summed E-state index contributed by atoms with van der Waals surface area (Å²) in [4.78, 5) is 0. The van der Waals surface area contributed by atoms with Crippen molar-refractivity contribution < 1.29 is 4.74 Å². The first kappa shape index (κ1) is 14.1. The van der Waals surface area contributed by atoms with Crippen molar-refractivity contribution in [2.45, 2.75) is 63.5 Å². The fourth-order valence-electron chi connectivity index (χ4n) is 3.65. The lowest BCUT2D eigenvalue weighted by Crippen LogP contribution is -2.34. The Hall–Kier alpha value is -0.860. The predicted octanol–water partition coefficient (Wildman–Crippen LogP) is 3.27. The van der Waals surface area contributed by atoms with Gasteiger partial charge in [0.15, 0.2) is 0 Å². The van der Waals surface area contributed by atoms with Crippen LogP contribution >= 0.6 is 0 Å². The van der Waals surface area contributed by atoms with Crippen LogP contribution in [-0.4, -0.2) is 25.8 Å². The van der Waals surface area contributed by atoms with Crippen LogP contribution in [0.25, 0.3) is 0 Å². The molecule has 2 atom stereocenters. The summed E-state index contributed by atoms with van der Waals surface area (Å²) in [5.41, 5.74) is 4.65. The molecule has 2 aliphatic rings. The highest BCUT2D eigenvalue weighted by Crippen LogP contribution is 2.24. The van der Waals surface area contributed by atoms with Crippen LogP contribution in [0.1, 0.15) is 48.8 Å². The van der Waals surface area contributed by atoms with Crippen molar-refractivity contribution in [3.8, 4) is 0 Å². The Morgan fingerprint density at radius 1 is 1.20 bits per heavy atom. The van der Waals surface area contributed by atoms with E-state index in [1.54, 1.807) is 11.1 Å². The van der Waals surface area contributed by atoms with Gasteiger partial charge in [0.2, 0.25) is 0 Å². The Kier molecular flexibility index (Phi) is 4.74. The first-order valence-electron chi connectivity index (χ1n) is 8.24. The highest BCUT2D eigenvalue weighted by atomic mass is 16.5. The fourth-order valence-corrected chi connectivity index (χ4v) is 3.65. The van der Waals surface area contributed by atoms with Gasteiger partial charge in [-0.3, -0.25) is 0 Å². The first-order chi connectivity index (χ1) is 9.85. The molecule has 0 bridgehead atoms. The summed E-state index contributed by atoms with van der Waals surface area (Å²) >= 11 is 0. The molecule has 1 aromatic rings. The molecule has 3 rings (SSSR count). The topological polar surface area (TPSA) is 21.3 Å². The Morgan fingerprint density at radius 2 is 2.10 bits per heavy atom. The molecule has 1 fully saturated rings. The van der Waals surface area contributed by atoms with Crippen LogP contribution in [0.15, 0.2) is 18.2 Å². The summed E-state index contributed by atoms with van der Waals surface area (Å²) in [6, 6.07) is 7.66. The van der Waals surface area contributed by atoms with Gasteiger partial charge in [0.1, 0.15) is 0 Å². The van der Waals surface area contributed by atoms with Crippen molar-refractivity contribution in [1.82, 2.24) is 5.32 Å². The number of rotatable bonds is 5. The summed E-state index contributed by atoms with van der Waals surface area (Å²) in [7, 11) is 2.08. The third-order valence-electron chi connectivity index (χ3n) is 4.87. The zero-order valence-electron chi connectivity index (χ0n) is 12.7. The molecule has 2 unspecified atom stereocenters. The lowest BCUT2D eigenvalue weighted by molar-refractivity contribution is 0.00569. The number of likely N-dealkylation sites (N-methyl/N-ethyl adjacent to an activating group) is 1. The van der Waals surface area contributed by atoms with Crippen molar-refractivity contribution in [2.75, 3.05) is 13.7 Å². The minimum absolute atomic E-state index is 0.468. The van der Waals surface area contributed by atoms with E-state index in [1.165, 1.54) is 44.1 Å². The van der Waals surface area contributed by atoms with Gasteiger partial charge in [-0.1, -0.05) is 18.2 Å². The second-order valence-corrected chi connectivity index (χ2v) is 6.37. The Balaban J connectivity index is 1.59. The number of nitrogens with one attached hydrogen (secondary N) is 1. The largest absolute Gasteiger partial charge is 0.378 e. The maximum Gasteiger partial charge on any atom is 0.0590 e. The molecule has 0 radical (unpaired) electrons. The molecular weight excluding hydrogens is 246 g/mol. The van der Waals surface area contributed by atoms with Gasteiger partial charge in [-0.25, -0.2) is 0 Å². The summed E-state index contributed by atoms with van der Waals surface area (Å²) in [5.74, 6) is 0. The molecule has 0 saturated carbocycles. The van der Waals surface area contributed by atoms with Gasteiger partial charge in [0, 0.05) is 12.6 Å². The zero-order valence-corrected chi connectivity index (χ0v) is 12.7. The molecule has 0 spiro atoms. The minimum atomic E-state index is 0.468. The Bertz CT molecular complexity index is 437. The van der Waals surface area contributed by atoms with Crippen molar-refractivity contribution in [3.63, 3.8) is 0 Å². The first-order valence-corrected chi connectivity index (χ1v) is 8.24. The van der Waals surface area contributed by atoms with Gasteiger partial charge < -0.3 is 10.1 Å². The van der Waals surface area contributed by atoms with E-state index in [1.807, 2.05) is 0 Å². The summed E-state index contributed by atoms with van der Waals surface area (Å²) in [6.45, 7) is 0.958. The van der Waals surface area contributed by atoms with E-state index in [0.717, 1.165) is 19.4 Å². The van der Waals surface area contributed by atoms with Gasteiger partial charge in [-0.05, 0) is 75.1 Å². The van der Waals surface area contributed by atoms with E-state index in [-0.39, 0.29) is 0 Å². The SMILES string of the molecule is CNC(Cc1ccc2c(c1)CCC2)CC1CCCCO1. The quantitative estimate of drug-likeness (QED) is 0.889. The summed E-state index contributed by atoms with van der Waals surface area (Å²) < 4.78 is 5.88. The number of hydrogen-bond acceptors (Lipinski definition) is 2. The molecule has 1 saturated heterocycles. The van der Waals surface area contributed by atoms with Gasteiger partial charge in [0.05, 0.1) is 6.10 Å². The van der Waals surface area contributed by atoms with Crippen molar-refractivity contribution in [3.05, 3.63) is 34.9 Å². The number of hydrogen-bond donors (Lipinski definition) is 1. The molecule has 1 N–H and O–H groups in total. The molecule has 1 aromatic carbocycles. The lowest BCUT2D eigenvalue weighted by atomic mass is 9.95. The van der Waals surface area contributed by atoms with E-state index in [0.29, 0.717) is 12.1 Å². The van der Waals surface area contributed by atoms with Crippen LogP contribution in [0.2, 0.25) is 0 Å². The van der Waals surface area contributed by atoms with Crippen molar-refractivity contribution in [1.29, 1.82) is 0 Å². The fraction of sp³-hybridized carbons (Fsp3) is 0.667. The standard InChI is InChI=1S/C18H27NO/c1-19-17(13-18-7-2-3-10-20-18)12-14-8-9-15-5-4-6-16(15)11-14/h8-9,11,17-19H,2-7,10,12-13H2,1H3. The van der Waals surface area contributed by atoms with Crippen molar-refractivity contribution >= 4 is 0 Å². The third kappa shape index (κ3) is 3.42. The summed E-state index contributed by atoms with van der Waals surface area (Å²) in [5, 5.41) is 3.49. The number of benzene rings is 1. The molecule has 1 heterocycles. The number of fused-ring (bicyclic) bond motifs is 1. The second-order valence-electron chi connectivity index (χ2n) is 6.37. The van der Waals surface area contributed by atoms with Crippen LogP contribution in [0, 0.1) is 0 Å². The molecule has 0 amide bonds. The number of aryl methyl sites for hydroxylation is 2. The highest BCUT2D eigenvalue weighted by molar-refractivity contribution is 5.35. The highest BCUT2D eigenvalue weighted by Gasteiger charge is 2.19. The normalized spacial score (nSPS) is 23.6. The van der Waals surface area contributed by atoms with Gasteiger partial charge >= 0.3 is 0 Å². The minimum Gasteiger partial charge on any atom is -0.378 e. The molecule has 1 aliphatic carbocycles. The average molecular weight is 273 g/mol. The van der Waals surface area contributed by atoms with Crippen LogP contribution in [-0.2, 0) is 24.0 Å². The van der Waals surface area contributed by atoms with Crippen LogP contribution < -0.4 is 5.32 Å². The average Bonchev–Trinajstić information content (AvgIpc) is 2.95. The summed E-state index contributed by atoms with van der Waals surface area (Å²) in [6.07, 6.45) is 10.4. The Morgan fingerprint density at radius 3 is 2.90 bits per heavy atom. The Labute approximate surface area is 122 Å². The maximum atomic E-state index is 5.88. The van der Waals surface area contributed by atoms with Gasteiger partial charge in [-0.15, -0.1) is 0 Å².